The third-order valence-electron chi connectivity index (χ3n) is 5.73. The van der Waals surface area contributed by atoms with Crippen LogP contribution in [0.2, 0.25) is 0 Å². The molecule has 2 bridgehead atoms. The summed E-state index contributed by atoms with van der Waals surface area (Å²) in [6, 6.07) is 7.75. The smallest absolute Gasteiger partial charge is 0.255 e. The van der Waals surface area contributed by atoms with Crippen molar-refractivity contribution in [2.75, 3.05) is 0 Å². The molecule has 4 rings (SSSR count). The van der Waals surface area contributed by atoms with Crippen molar-refractivity contribution in [3.8, 4) is 5.75 Å². The van der Waals surface area contributed by atoms with Crippen molar-refractivity contribution in [1.29, 1.82) is 0 Å². The predicted molar refractivity (Wildman–Crippen MR) is 106 cm³/mol. The van der Waals surface area contributed by atoms with Gasteiger partial charge in [0.1, 0.15) is 5.75 Å². The lowest BCUT2D eigenvalue weighted by Gasteiger charge is -2.45. The number of hydrogen-bond donors (Lipinski definition) is 2. The van der Waals surface area contributed by atoms with E-state index in [-0.39, 0.29) is 37.0 Å². The number of hydrogen-bond acceptors (Lipinski definition) is 6. The molecule has 2 aromatic rings. The molecule has 2 unspecified atom stereocenters. The first kappa shape index (κ1) is 20.6. The highest BCUT2D eigenvalue weighted by Gasteiger charge is 2.40. The third-order valence-corrected chi connectivity index (χ3v) is 5.73. The number of aromatic nitrogens is 2. The molecule has 0 radical (unpaired) electrons. The molecule has 1 amide bonds. The molecule has 0 spiro atoms. The van der Waals surface area contributed by atoms with Gasteiger partial charge >= 0.3 is 0 Å². The molecule has 2 aliphatic rings. The Morgan fingerprint density at radius 3 is 2.68 bits per heavy atom. The molecular formula is C20H27ClN4O3. The maximum absolute atomic E-state index is 13.0. The zero-order chi connectivity index (χ0) is 18.8. The number of rotatable bonds is 5. The van der Waals surface area contributed by atoms with Crippen LogP contribution in [0.5, 0.6) is 5.75 Å². The molecule has 2 aliphatic carbocycles. The number of nitrogens with two attached hydrogens (primary N) is 1. The van der Waals surface area contributed by atoms with Crippen LogP contribution in [-0.2, 0) is 6.61 Å². The largest absolute Gasteiger partial charge is 0.485 e. The second kappa shape index (κ2) is 8.92. The third kappa shape index (κ3) is 4.47. The van der Waals surface area contributed by atoms with Gasteiger partial charge in [-0.15, -0.1) is 12.4 Å². The van der Waals surface area contributed by atoms with Crippen molar-refractivity contribution in [2.24, 2.45) is 17.6 Å². The maximum Gasteiger partial charge on any atom is 0.255 e. The number of carbonyl (C=O) groups is 1. The van der Waals surface area contributed by atoms with Crippen LogP contribution in [0.4, 0.5) is 0 Å². The predicted octanol–water partition coefficient (Wildman–Crippen LogP) is 3.01. The molecule has 8 heteroatoms. The van der Waals surface area contributed by atoms with E-state index in [0.29, 0.717) is 34.9 Å². The SMILES string of the molecule is Cc1nc(COc2ccccc2C(=O)NC2C3CCCC2CC(N)C3)no1.Cl. The van der Waals surface area contributed by atoms with Crippen LogP contribution in [0, 0.1) is 18.8 Å². The zero-order valence-corrected chi connectivity index (χ0v) is 16.8. The molecule has 28 heavy (non-hydrogen) atoms. The van der Waals surface area contributed by atoms with Crippen LogP contribution in [0.15, 0.2) is 28.8 Å². The van der Waals surface area contributed by atoms with E-state index in [1.807, 2.05) is 12.1 Å². The van der Waals surface area contributed by atoms with E-state index in [2.05, 4.69) is 15.5 Å². The van der Waals surface area contributed by atoms with Crippen molar-refractivity contribution in [1.82, 2.24) is 15.5 Å². The van der Waals surface area contributed by atoms with E-state index < -0.39 is 0 Å². The van der Waals surface area contributed by atoms with E-state index in [9.17, 15) is 4.79 Å². The fourth-order valence-corrected chi connectivity index (χ4v) is 4.58. The van der Waals surface area contributed by atoms with Crippen LogP contribution in [-0.4, -0.2) is 28.1 Å². The molecule has 1 aromatic carbocycles. The summed E-state index contributed by atoms with van der Waals surface area (Å²) in [5.74, 6) is 2.33. The monoisotopic (exact) mass is 406 g/mol. The van der Waals surface area contributed by atoms with Gasteiger partial charge < -0.3 is 20.3 Å². The molecule has 3 N–H and O–H groups in total. The fraction of sp³-hybridized carbons (Fsp3) is 0.550. The average molecular weight is 407 g/mol. The zero-order valence-electron chi connectivity index (χ0n) is 16.0. The van der Waals surface area contributed by atoms with Gasteiger partial charge in [0.25, 0.3) is 5.91 Å². The van der Waals surface area contributed by atoms with Gasteiger partial charge in [-0.1, -0.05) is 23.7 Å². The Morgan fingerprint density at radius 1 is 1.29 bits per heavy atom. The number of nitrogens with one attached hydrogen (secondary N) is 1. The topological polar surface area (TPSA) is 103 Å². The first-order chi connectivity index (χ1) is 13.1. The number of fused-ring (bicyclic) bond motifs is 2. The summed E-state index contributed by atoms with van der Waals surface area (Å²) in [7, 11) is 0. The van der Waals surface area contributed by atoms with Crippen LogP contribution in [0.25, 0.3) is 0 Å². The van der Waals surface area contributed by atoms with Gasteiger partial charge in [-0.2, -0.15) is 4.98 Å². The number of benzene rings is 1. The van der Waals surface area contributed by atoms with Crippen molar-refractivity contribution >= 4 is 18.3 Å². The quantitative estimate of drug-likeness (QED) is 0.791. The minimum Gasteiger partial charge on any atom is -0.485 e. The number of ether oxygens (including phenoxy) is 1. The summed E-state index contributed by atoms with van der Waals surface area (Å²) in [6.07, 6.45) is 5.51. The average Bonchev–Trinajstić information content (AvgIpc) is 3.06. The van der Waals surface area contributed by atoms with Gasteiger partial charge in [-0.25, -0.2) is 0 Å². The fourth-order valence-electron chi connectivity index (χ4n) is 4.58. The van der Waals surface area contributed by atoms with E-state index in [1.165, 1.54) is 6.42 Å². The number of halogens is 1. The molecule has 2 atom stereocenters. The normalized spacial score (nSPS) is 26.2. The Balaban J connectivity index is 0.00000225. The van der Waals surface area contributed by atoms with Gasteiger partial charge in [-0.05, 0) is 49.7 Å². The van der Waals surface area contributed by atoms with Crippen LogP contribution in [0.3, 0.4) is 0 Å². The second-order valence-corrected chi connectivity index (χ2v) is 7.70. The van der Waals surface area contributed by atoms with Crippen molar-refractivity contribution in [2.45, 2.75) is 57.7 Å². The minimum atomic E-state index is -0.0905. The highest BCUT2D eigenvalue weighted by atomic mass is 35.5. The summed E-state index contributed by atoms with van der Waals surface area (Å²) < 4.78 is 10.7. The number of aryl methyl sites for hydroxylation is 1. The van der Waals surface area contributed by atoms with Gasteiger partial charge in [-0.3, -0.25) is 4.79 Å². The molecule has 152 valence electrons. The molecule has 0 saturated heterocycles. The van der Waals surface area contributed by atoms with Crippen molar-refractivity contribution in [3.63, 3.8) is 0 Å². The van der Waals surface area contributed by atoms with Gasteiger partial charge in [0.05, 0.1) is 5.56 Å². The van der Waals surface area contributed by atoms with E-state index in [1.54, 1.807) is 19.1 Å². The standard InChI is InChI=1S/C20H26N4O3.ClH/c1-12-22-18(24-27-12)11-26-17-8-3-2-7-16(17)20(25)23-19-13-5-4-6-14(19)10-15(21)9-13;/h2-3,7-8,13-15,19H,4-6,9-11,21H2,1H3,(H,23,25);1H. The summed E-state index contributed by atoms with van der Waals surface area (Å²) in [4.78, 5) is 17.1. The Kier molecular flexibility index (Phi) is 6.57. The summed E-state index contributed by atoms with van der Waals surface area (Å²) in [5.41, 5.74) is 6.73. The maximum atomic E-state index is 13.0. The summed E-state index contributed by atoms with van der Waals surface area (Å²) in [6.45, 7) is 1.88. The van der Waals surface area contributed by atoms with Crippen LogP contribution < -0.4 is 15.8 Å². The van der Waals surface area contributed by atoms with Gasteiger partial charge in [0, 0.05) is 19.0 Å². The number of para-hydroxylation sites is 1. The molecular weight excluding hydrogens is 380 g/mol. The highest BCUT2D eigenvalue weighted by molar-refractivity contribution is 5.97. The summed E-state index contributed by atoms with van der Waals surface area (Å²) in [5, 5.41) is 7.10. The molecule has 2 fully saturated rings. The van der Waals surface area contributed by atoms with Crippen molar-refractivity contribution in [3.05, 3.63) is 41.5 Å². The number of nitrogens with zero attached hydrogens (tertiary/aromatic N) is 2. The van der Waals surface area contributed by atoms with E-state index in [0.717, 1.165) is 25.7 Å². The Morgan fingerprint density at radius 2 is 2.00 bits per heavy atom. The Hall–Kier alpha value is -2.12. The number of amides is 1. The molecule has 1 heterocycles. The second-order valence-electron chi connectivity index (χ2n) is 7.70. The minimum absolute atomic E-state index is 0. The Labute approximate surface area is 170 Å². The van der Waals surface area contributed by atoms with Gasteiger partial charge in [0.2, 0.25) is 11.7 Å². The molecule has 7 nitrogen and oxygen atoms in total. The highest BCUT2D eigenvalue weighted by Crippen LogP contribution is 2.40. The number of carbonyl (C=O) groups excluding carboxylic acids is 1. The summed E-state index contributed by atoms with van der Waals surface area (Å²) >= 11 is 0. The van der Waals surface area contributed by atoms with Gasteiger partial charge in [0.15, 0.2) is 6.61 Å². The van der Waals surface area contributed by atoms with Crippen molar-refractivity contribution < 1.29 is 14.1 Å². The lowest BCUT2D eigenvalue weighted by Crippen LogP contribution is -2.53. The van der Waals surface area contributed by atoms with E-state index >= 15 is 0 Å². The lowest BCUT2D eigenvalue weighted by molar-refractivity contribution is 0.0752. The Bertz CT molecular complexity index is 798. The van der Waals surface area contributed by atoms with E-state index in [4.69, 9.17) is 15.0 Å². The lowest BCUT2D eigenvalue weighted by atomic mass is 9.67. The molecule has 1 aromatic heterocycles. The molecule has 2 saturated carbocycles. The van der Waals surface area contributed by atoms with Crippen LogP contribution in [0.1, 0.15) is 54.2 Å². The first-order valence-corrected chi connectivity index (χ1v) is 9.67. The van der Waals surface area contributed by atoms with Crippen LogP contribution >= 0.6 is 12.4 Å². The molecule has 0 aliphatic heterocycles. The first-order valence-electron chi connectivity index (χ1n) is 9.67.